The molecule has 1 saturated heterocycles. The van der Waals surface area contributed by atoms with Crippen LogP contribution in [-0.4, -0.2) is 43.5 Å². The number of nitrogens with zero attached hydrogens (tertiary/aromatic N) is 2. The van der Waals surface area contributed by atoms with Gasteiger partial charge in [-0.3, -0.25) is 4.79 Å². The fourth-order valence-corrected chi connectivity index (χ4v) is 4.01. The van der Waals surface area contributed by atoms with Crippen molar-refractivity contribution in [2.45, 2.75) is 45.4 Å². The molecule has 1 aliphatic heterocycles. The van der Waals surface area contributed by atoms with Crippen LogP contribution in [0.4, 0.5) is 11.4 Å². The van der Waals surface area contributed by atoms with Crippen molar-refractivity contribution in [2.75, 3.05) is 42.9 Å². The summed E-state index contributed by atoms with van der Waals surface area (Å²) in [6, 6.07) is 8.26. The molecule has 1 N–H and O–H groups in total. The van der Waals surface area contributed by atoms with Crippen molar-refractivity contribution >= 4 is 17.3 Å². The van der Waals surface area contributed by atoms with Crippen LogP contribution in [0, 0.1) is 5.92 Å². The number of hydrogen-bond donors (Lipinski definition) is 1. The maximum absolute atomic E-state index is 12.5. The van der Waals surface area contributed by atoms with E-state index in [1.54, 1.807) is 0 Å². The van der Waals surface area contributed by atoms with E-state index in [1.165, 1.54) is 37.8 Å². The number of para-hydroxylation sites is 2. The molecule has 3 rings (SSSR count). The van der Waals surface area contributed by atoms with Gasteiger partial charge in [0, 0.05) is 32.6 Å². The van der Waals surface area contributed by atoms with Crippen molar-refractivity contribution in [2.24, 2.45) is 5.92 Å². The molecule has 2 aliphatic rings. The average molecular weight is 329 g/mol. The highest BCUT2D eigenvalue weighted by molar-refractivity contribution is 5.94. The molecule has 0 radical (unpaired) electrons. The van der Waals surface area contributed by atoms with E-state index < -0.39 is 0 Å². The zero-order valence-corrected chi connectivity index (χ0v) is 15.0. The van der Waals surface area contributed by atoms with Gasteiger partial charge in [-0.1, -0.05) is 38.3 Å². The molecule has 4 heteroatoms. The summed E-state index contributed by atoms with van der Waals surface area (Å²) < 4.78 is 0. The van der Waals surface area contributed by atoms with Gasteiger partial charge < -0.3 is 15.1 Å². The van der Waals surface area contributed by atoms with Gasteiger partial charge in [0.15, 0.2) is 0 Å². The minimum atomic E-state index is 0.182. The van der Waals surface area contributed by atoms with Crippen LogP contribution in [0.1, 0.15) is 45.4 Å². The summed E-state index contributed by atoms with van der Waals surface area (Å²) in [6.45, 7) is 7.59. The molecule has 0 aromatic heterocycles. The molecule has 1 aromatic carbocycles. The molecule has 1 aliphatic carbocycles. The minimum Gasteiger partial charge on any atom is -0.367 e. The fraction of sp³-hybridized carbons (Fsp3) is 0.650. The summed E-state index contributed by atoms with van der Waals surface area (Å²) in [7, 11) is 0. The maximum Gasteiger partial charge on any atom is 0.224 e. The van der Waals surface area contributed by atoms with E-state index in [1.807, 2.05) is 12.1 Å². The van der Waals surface area contributed by atoms with E-state index in [4.69, 9.17) is 0 Å². The standard InChI is InChI=1S/C20H31N3O/c1-2-22-12-14-23(15-13-22)19-11-7-6-10-18(19)21-20(24)16-17-8-4-3-5-9-17/h6-7,10-11,17H,2-5,8-9,12-16H2,1H3,(H,21,24). The monoisotopic (exact) mass is 329 g/mol. The molecule has 132 valence electrons. The molecular weight excluding hydrogens is 298 g/mol. The minimum absolute atomic E-state index is 0.182. The SMILES string of the molecule is CCN1CCN(c2ccccc2NC(=O)CC2CCCCC2)CC1. The third-order valence-corrected chi connectivity index (χ3v) is 5.54. The molecule has 4 nitrogen and oxygen atoms in total. The number of amides is 1. The van der Waals surface area contributed by atoms with E-state index in [2.05, 4.69) is 34.2 Å². The molecule has 1 amide bonds. The van der Waals surface area contributed by atoms with Crippen LogP contribution in [0.2, 0.25) is 0 Å². The van der Waals surface area contributed by atoms with Gasteiger partial charge in [-0.05, 0) is 37.4 Å². The molecule has 0 spiro atoms. The van der Waals surface area contributed by atoms with Gasteiger partial charge in [0.25, 0.3) is 0 Å². The molecule has 1 saturated carbocycles. The van der Waals surface area contributed by atoms with Crippen molar-refractivity contribution in [1.82, 2.24) is 4.90 Å². The van der Waals surface area contributed by atoms with Gasteiger partial charge in [-0.2, -0.15) is 0 Å². The highest BCUT2D eigenvalue weighted by atomic mass is 16.1. The molecule has 0 atom stereocenters. The normalized spacial score (nSPS) is 20.1. The van der Waals surface area contributed by atoms with Gasteiger partial charge in [-0.25, -0.2) is 0 Å². The van der Waals surface area contributed by atoms with Crippen LogP contribution in [0.3, 0.4) is 0 Å². The summed E-state index contributed by atoms with van der Waals surface area (Å²) in [5.74, 6) is 0.764. The zero-order valence-electron chi connectivity index (χ0n) is 15.0. The number of carbonyl (C=O) groups is 1. The summed E-state index contributed by atoms with van der Waals surface area (Å²) in [5.41, 5.74) is 2.15. The van der Waals surface area contributed by atoms with Crippen LogP contribution >= 0.6 is 0 Å². The first-order valence-electron chi connectivity index (χ1n) is 9.62. The first-order valence-corrected chi connectivity index (χ1v) is 9.62. The predicted molar refractivity (Wildman–Crippen MR) is 101 cm³/mol. The largest absolute Gasteiger partial charge is 0.367 e. The third kappa shape index (κ3) is 4.50. The van der Waals surface area contributed by atoms with Crippen molar-refractivity contribution in [1.29, 1.82) is 0 Å². The topological polar surface area (TPSA) is 35.6 Å². The van der Waals surface area contributed by atoms with Crippen molar-refractivity contribution in [3.05, 3.63) is 24.3 Å². The first-order chi connectivity index (χ1) is 11.8. The zero-order chi connectivity index (χ0) is 16.8. The highest BCUT2D eigenvalue weighted by Crippen LogP contribution is 2.29. The van der Waals surface area contributed by atoms with Crippen LogP contribution in [-0.2, 0) is 4.79 Å². The Morgan fingerprint density at radius 3 is 2.50 bits per heavy atom. The summed E-state index contributed by atoms with van der Waals surface area (Å²) in [5, 5.41) is 3.19. The summed E-state index contributed by atoms with van der Waals surface area (Å²) >= 11 is 0. The second-order valence-corrected chi connectivity index (χ2v) is 7.19. The smallest absolute Gasteiger partial charge is 0.224 e. The number of likely N-dealkylation sites (N-methyl/N-ethyl adjacent to an activating group) is 1. The second-order valence-electron chi connectivity index (χ2n) is 7.19. The van der Waals surface area contributed by atoms with Crippen molar-refractivity contribution in [3.63, 3.8) is 0 Å². The summed E-state index contributed by atoms with van der Waals surface area (Å²) in [6.07, 6.45) is 7.03. The Bertz CT molecular complexity index is 531. The number of carbonyl (C=O) groups excluding carboxylic acids is 1. The van der Waals surface area contributed by atoms with Gasteiger partial charge in [0.1, 0.15) is 0 Å². The average Bonchev–Trinajstić information content (AvgIpc) is 2.63. The molecular formula is C20H31N3O. The maximum atomic E-state index is 12.5. The molecule has 24 heavy (non-hydrogen) atoms. The van der Waals surface area contributed by atoms with Crippen molar-refractivity contribution in [3.8, 4) is 0 Å². The Balaban J connectivity index is 1.60. The number of anilines is 2. The van der Waals surface area contributed by atoms with Crippen LogP contribution in [0.5, 0.6) is 0 Å². The van der Waals surface area contributed by atoms with Crippen LogP contribution in [0.25, 0.3) is 0 Å². The Morgan fingerprint density at radius 2 is 1.79 bits per heavy atom. The molecule has 0 unspecified atom stereocenters. The van der Waals surface area contributed by atoms with E-state index in [9.17, 15) is 4.79 Å². The number of rotatable bonds is 5. The molecule has 2 fully saturated rings. The Hall–Kier alpha value is -1.55. The fourth-order valence-electron chi connectivity index (χ4n) is 4.01. The lowest BCUT2D eigenvalue weighted by molar-refractivity contribution is -0.117. The van der Waals surface area contributed by atoms with Crippen LogP contribution < -0.4 is 10.2 Å². The van der Waals surface area contributed by atoms with Crippen molar-refractivity contribution < 1.29 is 4.79 Å². The van der Waals surface area contributed by atoms with Gasteiger partial charge in [0.05, 0.1) is 11.4 Å². The van der Waals surface area contributed by atoms with E-state index in [0.717, 1.165) is 38.4 Å². The van der Waals surface area contributed by atoms with E-state index in [-0.39, 0.29) is 5.91 Å². The quantitative estimate of drug-likeness (QED) is 0.894. The second kappa shape index (κ2) is 8.52. The summed E-state index contributed by atoms with van der Waals surface area (Å²) in [4.78, 5) is 17.4. The predicted octanol–water partition coefficient (Wildman–Crippen LogP) is 3.74. The number of nitrogens with one attached hydrogen (secondary N) is 1. The lowest BCUT2D eigenvalue weighted by Gasteiger charge is -2.36. The molecule has 0 bridgehead atoms. The Kier molecular flexibility index (Phi) is 6.13. The number of hydrogen-bond acceptors (Lipinski definition) is 3. The molecule has 1 aromatic rings. The van der Waals surface area contributed by atoms with E-state index >= 15 is 0 Å². The Labute approximate surface area is 146 Å². The lowest BCUT2D eigenvalue weighted by Crippen LogP contribution is -2.46. The number of benzene rings is 1. The lowest BCUT2D eigenvalue weighted by atomic mass is 9.87. The first kappa shape index (κ1) is 17.3. The van der Waals surface area contributed by atoms with E-state index in [0.29, 0.717) is 12.3 Å². The van der Waals surface area contributed by atoms with Gasteiger partial charge >= 0.3 is 0 Å². The van der Waals surface area contributed by atoms with Gasteiger partial charge in [0.2, 0.25) is 5.91 Å². The highest BCUT2D eigenvalue weighted by Gasteiger charge is 2.20. The number of piperazine rings is 1. The Morgan fingerprint density at radius 1 is 1.08 bits per heavy atom. The molecule has 1 heterocycles. The van der Waals surface area contributed by atoms with Crippen LogP contribution in [0.15, 0.2) is 24.3 Å². The third-order valence-electron chi connectivity index (χ3n) is 5.54. The van der Waals surface area contributed by atoms with Gasteiger partial charge in [-0.15, -0.1) is 0 Å².